The smallest absolute Gasteiger partial charge is 0.478 e. The second-order valence-electron chi connectivity index (χ2n) is 22.8. The maximum atomic E-state index is 13.2. The minimum absolute atomic E-state index is 0.0154. The van der Waals surface area contributed by atoms with Crippen LogP contribution >= 0.6 is 22.7 Å². The molecule has 0 aliphatic heterocycles. The molecule has 0 unspecified atom stereocenters. The average molecular weight is 1290 g/mol. The fourth-order valence-electron chi connectivity index (χ4n) is 12.3. The highest BCUT2D eigenvalue weighted by molar-refractivity contribution is 7.20. The third-order valence-electron chi connectivity index (χ3n) is 16.6. The van der Waals surface area contributed by atoms with E-state index in [0.717, 1.165) is 31.3 Å². The molecule has 4 heterocycles. The van der Waals surface area contributed by atoms with Crippen LogP contribution in [0, 0.1) is 17.9 Å². The number of rotatable bonds is 26. The molecular formula is C72H60B4F6N6O4S2-2. The van der Waals surface area contributed by atoms with Crippen molar-refractivity contribution >= 4 is 115 Å². The summed E-state index contributed by atoms with van der Waals surface area (Å²) in [5.41, 5.74) is 7.69. The number of fused-ring (bicyclic) bond motifs is 3. The van der Waals surface area contributed by atoms with Gasteiger partial charge >= 0.3 is 27.6 Å². The van der Waals surface area contributed by atoms with Gasteiger partial charge in [-0.25, -0.2) is 14.8 Å². The number of hydrogen-bond acceptors (Lipinski definition) is 9. The SMILES string of the molecule is [C-]#[N+]/C(c1nc2cc(OC)ccc2s1)=c1\c2c(-c3ccc(OCCCCC[B-](F)(F)F)cc3)n(B(c3ccccc3)c3ccccc3)/c(=C(/C#N)c3nc4cc(OC)ccc4s3)c2c(-c2ccc(OCCCCC[B-](F)(F)F)cc2)n1B(c1ccccc1)c1ccccc1. The fourth-order valence-corrected chi connectivity index (χ4v) is 14.2. The zero-order chi connectivity index (χ0) is 65.3. The Morgan fingerprint density at radius 2 is 0.862 bits per heavy atom. The lowest BCUT2D eigenvalue weighted by Crippen LogP contribution is -2.54. The molecule has 470 valence electrons. The van der Waals surface area contributed by atoms with Crippen LogP contribution in [0.25, 0.3) is 69.8 Å². The molecule has 0 radical (unpaired) electrons. The van der Waals surface area contributed by atoms with Crippen LogP contribution in [-0.4, -0.2) is 74.0 Å². The third kappa shape index (κ3) is 14.0. The number of methoxy groups -OCH3 is 2. The van der Waals surface area contributed by atoms with Crippen molar-refractivity contribution in [3.05, 3.63) is 238 Å². The van der Waals surface area contributed by atoms with E-state index in [9.17, 15) is 37.7 Å². The molecule has 0 bridgehead atoms. The first-order chi connectivity index (χ1) is 45.7. The van der Waals surface area contributed by atoms with E-state index in [1.165, 1.54) is 22.7 Å². The van der Waals surface area contributed by atoms with Crippen LogP contribution < -0.4 is 51.5 Å². The van der Waals surface area contributed by atoms with Crippen molar-refractivity contribution in [2.75, 3.05) is 27.4 Å². The van der Waals surface area contributed by atoms with Crippen LogP contribution in [-0.2, 0) is 0 Å². The first kappa shape index (κ1) is 64.2. The Balaban J connectivity index is 1.28. The van der Waals surface area contributed by atoms with Gasteiger partial charge in [-0.1, -0.05) is 182 Å². The highest BCUT2D eigenvalue weighted by Crippen LogP contribution is 2.40. The van der Waals surface area contributed by atoms with Crippen molar-refractivity contribution in [2.24, 2.45) is 0 Å². The van der Waals surface area contributed by atoms with E-state index in [2.05, 4.69) is 68.4 Å². The van der Waals surface area contributed by atoms with E-state index in [0.29, 0.717) is 114 Å². The lowest BCUT2D eigenvalue weighted by Gasteiger charge is -2.24. The van der Waals surface area contributed by atoms with Crippen LogP contribution in [0.3, 0.4) is 0 Å². The summed E-state index contributed by atoms with van der Waals surface area (Å²) in [5.74, 6) is 2.15. The molecule has 0 amide bonds. The highest BCUT2D eigenvalue weighted by atomic mass is 32.1. The van der Waals surface area contributed by atoms with Crippen molar-refractivity contribution < 1.29 is 44.8 Å². The van der Waals surface area contributed by atoms with Gasteiger partial charge in [-0.15, -0.1) is 22.7 Å². The maximum Gasteiger partial charge on any atom is 0.478 e. The van der Waals surface area contributed by atoms with Crippen molar-refractivity contribution in [3.63, 3.8) is 0 Å². The lowest BCUT2D eigenvalue weighted by molar-refractivity contribution is 0.305. The molecule has 0 aliphatic rings. The maximum absolute atomic E-state index is 13.2. The van der Waals surface area contributed by atoms with Gasteiger partial charge in [-0.05, 0) is 96.8 Å². The molecular weight excluding hydrogens is 1230 g/mol. The summed E-state index contributed by atoms with van der Waals surface area (Å²) < 4.78 is 109. The molecule has 0 aliphatic carbocycles. The molecule has 22 heteroatoms. The number of halogens is 6. The summed E-state index contributed by atoms with van der Waals surface area (Å²) in [6.45, 7) is -1.11. The van der Waals surface area contributed by atoms with E-state index in [1.54, 1.807) is 14.2 Å². The number of nitriles is 1. The van der Waals surface area contributed by atoms with Crippen molar-refractivity contribution in [2.45, 2.75) is 51.2 Å². The van der Waals surface area contributed by atoms with Gasteiger partial charge in [0.05, 0.1) is 59.8 Å². The Morgan fingerprint density at radius 1 is 0.489 bits per heavy atom. The second kappa shape index (κ2) is 28.5. The molecule has 94 heavy (non-hydrogen) atoms. The van der Waals surface area contributed by atoms with Gasteiger partial charge in [0.1, 0.15) is 44.7 Å². The first-order valence-electron chi connectivity index (χ1n) is 31.0. The van der Waals surface area contributed by atoms with Crippen molar-refractivity contribution in [1.82, 2.24) is 18.9 Å². The summed E-state index contributed by atoms with van der Waals surface area (Å²) in [6, 6.07) is 69.3. The molecule has 8 aromatic carbocycles. The number of aromatic nitrogens is 4. The normalized spacial score (nSPS) is 12.4. The van der Waals surface area contributed by atoms with E-state index in [1.807, 2.05) is 158 Å². The number of thiazole rings is 2. The largest absolute Gasteiger partial charge is 0.497 e. The molecule has 4 aromatic heterocycles. The number of hydrogen-bond donors (Lipinski definition) is 0. The van der Waals surface area contributed by atoms with E-state index in [4.69, 9.17) is 28.9 Å². The minimum atomic E-state index is -4.89. The summed E-state index contributed by atoms with van der Waals surface area (Å²) >= 11 is 2.73. The number of ether oxygens (including phenoxy) is 4. The Labute approximate surface area is 549 Å². The summed E-state index contributed by atoms with van der Waals surface area (Å²) in [4.78, 5) is 15.2. The van der Waals surface area contributed by atoms with E-state index >= 15 is 0 Å². The highest BCUT2D eigenvalue weighted by Gasteiger charge is 2.38. The Kier molecular flexibility index (Phi) is 19.5. The van der Waals surface area contributed by atoms with Crippen molar-refractivity contribution in [1.29, 1.82) is 5.26 Å². The predicted molar refractivity (Wildman–Crippen MR) is 373 cm³/mol. The molecule has 0 spiro atoms. The van der Waals surface area contributed by atoms with E-state index < -0.39 is 40.3 Å². The van der Waals surface area contributed by atoms with Crippen LogP contribution in [0.15, 0.2) is 206 Å². The summed E-state index contributed by atoms with van der Waals surface area (Å²) in [5, 5.41) is 15.4. The van der Waals surface area contributed by atoms with Crippen LogP contribution in [0.4, 0.5) is 25.9 Å². The lowest BCUT2D eigenvalue weighted by atomic mass is 9.50. The molecule has 12 aromatic rings. The van der Waals surface area contributed by atoms with Gasteiger partial charge in [-0.2, -0.15) is 5.26 Å². The fraction of sp³-hybridized carbons (Fsp3) is 0.167. The minimum Gasteiger partial charge on any atom is -0.497 e. The van der Waals surface area contributed by atoms with Crippen LogP contribution in [0.1, 0.15) is 48.5 Å². The van der Waals surface area contributed by atoms with Gasteiger partial charge in [0.25, 0.3) is 0 Å². The Morgan fingerprint density at radius 3 is 1.24 bits per heavy atom. The molecule has 0 fully saturated rings. The van der Waals surface area contributed by atoms with Gasteiger partial charge in [-0.3, -0.25) is 0 Å². The van der Waals surface area contributed by atoms with E-state index in [-0.39, 0.29) is 37.3 Å². The Bertz CT molecular complexity index is 4460. The quantitative estimate of drug-likeness (QED) is 0.0230. The van der Waals surface area contributed by atoms with Gasteiger partial charge in [0.2, 0.25) is 5.70 Å². The summed E-state index contributed by atoms with van der Waals surface area (Å²) in [7, 11) is 3.18. The van der Waals surface area contributed by atoms with Gasteiger partial charge in [0, 0.05) is 39.6 Å². The predicted octanol–water partition coefficient (Wildman–Crippen LogP) is 14.9. The summed E-state index contributed by atoms with van der Waals surface area (Å²) in [6.07, 6.45) is -0.0662. The van der Waals surface area contributed by atoms with Gasteiger partial charge in [0.15, 0.2) is 0 Å². The zero-order valence-corrected chi connectivity index (χ0v) is 53.0. The topological polar surface area (TPSA) is 101 Å². The zero-order valence-electron chi connectivity index (χ0n) is 51.4. The first-order valence-corrected chi connectivity index (χ1v) is 32.7. The van der Waals surface area contributed by atoms with Crippen LogP contribution in [0.2, 0.25) is 12.6 Å². The Hall–Kier alpha value is -9.88. The molecule has 10 nitrogen and oxygen atoms in total. The number of unbranched alkanes of at least 4 members (excludes halogenated alkanes) is 4. The number of nitrogens with zero attached hydrogens (tertiary/aromatic N) is 6. The van der Waals surface area contributed by atoms with Gasteiger partial charge < -0.3 is 53.8 Å². The third-order valence-corrected chi connectivity index (χ3v) is 18.7. The number of benzene rings is 8. The molecule has 0 saturated heterocycles. The average Bonchev–Trinajstić information content (AvgIpc) is 1.52. The second-order valence-corrected chi connectivity index (χ2v) is 24.9. The standard InChI is InChI=1S/C72H60B4F6N6O4S2/c1-84-66(72-86-61-47-58(90-3)39-41-63(61)94-72)70-65-64(67(49-30-34-55(35-31-49)91-44-20-8-18-42-75(77,78)79)88(70)74(53-26-14-6-15-27-53)54-28-16-7-17-29-54)69(59(48-83)71-85-60-46-57(89-2)38-40-62(60)93-71)87(73(51-22-10-4-11-23-51)52-24-12-5-13-25-52)68(65)50-32-36-56(37-33-50)92-45-21-9-19-43-76(80,81)82/h4-7,10-17,22-41,46-47H,8-9,18-21,42-45H2,2-3H3/q-2/b69-59-,70-66+. The molecule has 0 saturated carbocycles. The molecule has 0 atom stereocenters. The molecule has 12 rings (SSSR count). The molecule has 0 N–H and O–H groups in total. The van der Waals surface area contributed by atoms with Crippen molar-refractivity contribution in [3.8, 4) is 51.6 Å². The monoisotopic (exact) mass is 1290 g/mol. The van der Waals surface area contributed by atoms with Crippen LogP contribution in [0.5, 0.6) is 23.0 Å².